The number of hydrazone groups is 1. The summed E-state index contributed by atoms with van der Waals surface area (Å²) in [5.74, 6) is -1.18. The van der Waals surface area contributed by atoms with Crippen LogP contribution < -0.4 is 5.43 Å². The predicted octanol–water partition coefficient (Wildman–Crippen LogP) is 3.20. The van der Waals surface area contributed by atoms with Gasteiger partial charge in [0.25, 0.3) is 0 Å². The van der Waals surface area contributed by atoms with Crippen molar-refractivity contribution in [3.05, 3.63) is 59.8 Å². The van der Waals surface area contributed by atoms with Gasteiger partial charge in [0.2, 0.25) is 0 Å². The van der Waals surface area contributed by atoms with Crippen LogP contribution in [0.15, 0.2) is 47.7 Å². The van der Waals surface area contributed by atoms with Crippen molar-refractivity contribution in [3.8, 4) is 0 Å². The number of pyridine rings is 1. The maximum atomic E-state index is 13.0. The number of hydrogen-bond acceptors (Lipinski definition) is 3. The van der Waals surface area contributed by atoms with E-state index in [1.54, 1.807) is 25.3 Å². The summed E-state index contributed by atoms with van der Waals surface area (Å²) in [4.78, 5) is 4.02. The van der Waals surface area contributed by atoms with Gasteiger partial charge in [-0.25, -0.2) is 13.8 Å². The molecule has 2 rings (SSSR count). The van der Waals surface area contributed by atoms with Gasteiger partial charge in [-0.15, -0.1) is 0 Å². The molecule has 0 amide bonds. The summed E-state index contributed by atoms with van der Waals surface area (Å²) in [7, 11) is 0. The minimum atomic E-state index is -0.889. The zero-order valence-corrected chi connectivity index (χ0v) is 9.69. The summed E-state index contributed by atoms with van der Waals surface area (Å²) in [6.07, 6.45) is 1.63. The Labute approximate surface area is 103 Å². The molecule has 1 N–H and O–H groups in total. The Morgan fingerprint density at radius 1 is 1.17 bits per heavy atom. The van der Waals surface area contributed by atoms with Gasteiger partial charge in [-0.05, 0) is 37.3 Å². The van der Waals surface area contributed by atoms with E-state index in [-0.39, 0.29) is 0 Å². The molecule has 0 aliphatic rings. The Hall–Kier alpha value is -2.30. The van der Waals surface area contributed by atoms with E-state index in [2.05, 4.69) is 15.5 Å². The lowest BCUT2D eigenvalue weighted by Gasteiger charge is -2.03. The molecule has 1 aromatic heterocycles. The van der Waals surface area contributed by atoms with E-state index in [0.717, 1.165) is 12.1 Å². The molecule has 0 spiro atoms. The average molecular weight is 247 g/mol. The SMILES string of the molecule is C/C(=N/Nc1ccccn1)c1ccc(F)c(F)c1. The number of aromatic nitrogens is 1. The van der Waals surface area contributed by atoms with E-state index in [0.29, 0.717) is 17.1 Å². The molecule has 0 bridgehead atoms. The Kier molecular flexibility index (Phi) is 3.62. The van der Waals surface area contributed by atoms with Crippen molar-refractivity contribution in [3.63, 3.8) is 0 Å². The lowest BCUT2D eigenvalue weighted by molar-refractivity contribution is 0.508. The molecular formula is C13H11F2N3. The number of nitrogens with zero attached hydrogens (tertiary/aromatic N) is 2. The fourth-order valence-electron chi connectivity index (χ4n) is 1.36. The highest BCUT2D eigenvalue weighted by Gasteiger charge is 2.04. The molecule has 92 valence electrons. The zero-order valence-electron chi connectivity index (χ0n) is 9.69. The number of benzene rings is 1. The maximum Gasteiger partial charge on any atom is 0.159 e. The third-order valence-electron chi connectivity index (χ3n) is 2.34. The highest BCUT2D eigenvalue weighted by atomic mass is 19.2. The Bertz CT molecular complexity index is 568. The van der Waals surface area contributed by atoms with Gasteiger partial charge in [0.05, 0.1) is 5.71 Å². The van der Waals surface area contributed by atoms with Gasteiger partial charge in [0.15, 0.2) is 11.6 Å². The molecule has 0 aliphatic carbocycles. The fourth-order valence-corrected chi connectivity index (χ4v) is 1.36. The van der Waals surface area contributed by atoms with E-state index in [4.69, 9.17) is 0 Å². The van der Waals surface area contributed by atoms with Crippen molar-refractivity contribution in [1.29, 1.82) is 0 Å². The normalized spacial score (nSPS) is 11.4. The largest absolute Gasteiger partial charge is 0.261 e. The molecule has 0 aliphatic heterocycles. The van der Waals surface area contributed by atoms with Crippen LogP contribution >= 0.6 is 0 Å². The summed E-state index contributed by atoms with van der Waals surface area (Å²) in [6.45, 7) is 1.70. The Morgan fingerprint density at radius 2 is 2.00 bits per heavy atom. The highest BCUT2D eigenvalue weighted by molar-refractivity contribution is 5.99. The molecule has 0 radical (unpaired) electrons. The molecule has 18 heavy (non-hydrogen) atoms. The van der Waals surface area contributed by atoms with Gasteiger partial charge < -0.3 is 0 Å². The summed E-state index contributed by atoms with van der Waals surface area (Å²) < 4.78 is 25.8. The smallest absolute Gasteiger partial charge is 0.159 e. The van der Waals surface area contributed by atoms with E-state index in [1.807, 2.05) is 6.07 Å². The molecule has 0 fully saturated rings. The van der Waals surface area contributed by atoms with Crippen LogP contribution in [0.2, 0.25) is 0 Å². The lowest BCUT2D eigenvalue weighted by Crippen LogP contribution is -2.01. The molecule has 1 aromatic carbocycles. The van der Waals surface area contributed by atoms with Gasteiger partial charge >= 0.3 is 0 Å². The van der Waals surface area contributed by atoms with Crippen LogP contribution in [0.3, 0.4) is 0 Å². The van der Waals surface area contributed by atoms with E-state index < -0.39 is 11.6 Å². The van der Waals surface area contributed by atoms with Crippen LogP contribution in [-0.4, -0.2) is 10.7 Å². The third-order valence-corrected chi connectivity index (χ3v) is 2.34. The second-order valence-electron chi connectivity index (χ2n) is 3.65. The van der Waals surface area contributed by atoms with Crippen LogP contribution in [0.4, 0.5) is 14.6 Å². The number of hydrogen-bond donors (Lipinski definition) is 1. The molecule has 5 heteroatoms. The molecule has 2 aromatic rings. The molecule has 0 saturated carbocycles. The first-order valence-electron chi connectivity index (χ1n) is 5.33. The van der Waals surface area contributed by atoms with E-state index >= 15 is 0 Å². The molecule has 3 nitrogen and oxygen atoms in total. The fraction of sp³-hybridized carbons (Fsp3) is 0.0769. The van der Waals surface area contributed by atoms with Gasteiger partial charge in [-0.2, -0.15) is 5.10 Å². The van der Waals surface area contributed by atoms with Crippen LogP contribution in [0.1, 0.15) is 12.5 Å². The molecule has 1 heterocycles. The van der Waals surface area contributed by atoms with Gasteiger partial charge in [-0.1, -0.05) is 6.07 Å². The molecule has 0 unspecified atom stereocenters. The summed E-state index contributed by atoms with van der Waals surface area (Å²) in [5, 5.41) is 4.05. The van der Waals surface area contributed by atoms with Crippen molar-refractivity contribution in [2.45, 2.75) is 6.92 Å². The van der Waals surface area contributed by atoms with Gasteiger partial charge in [0.1, 0.15) is 5.82 Å². The van der Waals surface area contributed by atoms with Crippen LogP contribution in [0.5, 0.6) is 0 Å². The topological polar surface area (TPSA) is 37.3 Å². The van der Waals surface area contributed by atoms with E-state index in [9.17, 15) is 8.78 Å². The number of anilines is 1. The zero-order chi connectivity index (χ0) is 13.0. The van der Waals surface area contributed by atoms with Crippen LogP contribution in [0, 0.1) is 11.6 Å². The van der Waals surface area contributed by atoms with Gasteiger partial charge in [0, 0.05) is 11.8 Å². The second-order valence-corrected chi connectivity index (χ2v) is 3.65. The molecular weight excluding hydrogens is 236 g/mol. The summed E-state index contributed by atoms with van der Waals surface area (Å²) in [5.41, 5.74) is 3.79. The van der Waals surface area contributed by atoms with Crippen LogP contribution in [-0.2, 0) is 0 Å². The minimum absolute atomic E-state index is 0.511. The standard InChI is InChI=1S/C13H11F2N3/c1-9(10-5-6-11(14)12(15)8-10)17-18-13-4-2-3-7-16-13/h2-8H,1H3,(H,16,18)/b17-9-. The summed E-state index contributed by atoms with van der Waals surface area (Å²) in [6, 6.07) is 9.01. The Balaban J connectivity index is 2.15. The van der Waals surface area contributed by atoms with Crippen molar-refractivity contribution >= 4 is 11.5 Å². The molecule has 0 atom stereocenters. The van der Waals surface area contributed by atoms with Gasteiger partial charge in [-0.3, -0.25) is 5.43 Å². The second kappa shape index (κ2) is 5.35. The van der Waals surface area contributed by atoms with Crippen LogP contribution in [0.25, 0.3) is 0 Å². The van der Waals surface area contributed by atoms with Crippen molar-refractivity contribution in [2.24, 2.45) is 5.10 Å². The minimum Gasteiger partial charge on any atom is -0.261 e. The molecule has 0 saturated heterocycles. The highest BCUT2D eigenvalue weighted by Crippen LogP contribution is 2.10. The number of rotatable bonds is 3. The van der Waals surface area contributed by atoms with E-state index in [1.165, 1.54) is 6.07 Å². The average Bonchev–Trinajstić information content (AvgIpc) is 2.40. The monoisotopic (exact) mass is 247 g/mol. The number of halogens is 2. The number of nitrogens with one attached hydrogen (secondary N) is 1. The lowest BCUT2D eigenvalue weighted by atomic mass is 10.1. The van der Waals surface area contributed by atoms with Crippen molar-refractivity contribution < 1.29 is 8.78 Å². The van der Waals surface area contributed by atoms with Crippen molar-refractivity contribution in [1.82, 2.24) is 4.98 Å². The first kappa shape index (κ1) is 12.2. The van der Waals surface area contributed by atoms with Crippen molar-refractivity contribution in [2.75, 3.05) is 5.43 Å². The third kappa shape index (κ3) is 2.88. The Morgan fingerprint density at radius 3 is 2.67 bits per heavy atom. The first-order chi connectivity index (χ1) is 8.66. The predicted molar refractivity (Wildman–Crippen MR) is 66.4 cm³/mol. The maximum absolute atomic E-state index is 13.0. The summed E-state index contributed by atoms with van der Waals surface area (Å²) >= 11 is 0. The first-order valence-corrected chi connectivity index (χ1v) is 5.33. The quantitative estimate of drug-likeness (QED) is 0.668.